The number of hydrogen-bond donors (Lipinski definition) is 1. The first kappa shape index (κ1) is 23.0. The van der Waals surface area contributed by atoms with Crippen LogP contribution < -0.4 is 0 Å². The maximum absolute atomic E-state index is 10.7. The van der Waals surface area contributed by atoms with Gasteiger partial charge in [-0.3, -0.25) is 0 Å². The second-order valence-corrected chi connectivity index (χ2v) is 8.56. The van der Waals surface area contributed by atoms with Gasteiger partial charge in [-0.05, 0) is 71.9 Å². The van der Waals surface area contributed by atoms with E-state index < -0.39 is 0 Å². The minimum atomic E-state index is 0. The predicted octanol–water partition coefficient (Wildman–Crippen LogP) is 7.03. The van der Waals surface area contributed by atoms with Gasteiger partial charge in [0.2, 0.25) is 0 Å². The molecule has 0 aliphatic rings. The van der Waals surface area contributed by atoms with Crippen LogP contribution in [-0.4, -0.2) is 19.6 Å². The van der Waals surface area contributed by atoms with Gasteiger partial charge in [-0.25, -0.2) is 4.98 Å². The van der Waals surface area contributed by atoms with Gasteiger partial charge in [-0.2, -0.15) is 0 Å². The Morgan fingerprint density at radius 2 is 1.60 bits per heavy atom. The molecule has 0 aliphatic carbocycles. The van der Waals surface area contributed by atoms with Crippen molar-refractivity contribution in [3.8, 4) is 34.1 Å². The molecule has 4 nitrogen and oxygen atoms in total. The molecule has 0 spiro atoms. The summed E-state index contributed by atoms with van der Waals surface area (Å²) in [6, 6.07) is 31.9. The van der Waals surface area contributed by atoms with Gasteiger partial charge in [-0.1, -0.05) is 47.9 Å². The number of aryl methyl sites for hydroxylation is 2. The number of hydrogen-bond acceptors (Lipinski definition) is 3. The van der Waals surface area contributed by atoms with E-state index in [1.165, 1.54) is 0 Å². The maximum Gasteiger partial charge on any atom is 0.136 e. The number of aromatic nitrogens is 3. The fourth-order valence-corrected chi connectivity index (χ4v) is 4.66. The number of nitrogens with zero attached hydrogens (tertiary/aromatic N) is 3. The van der Waals surface area contributed by atoms with Crippen molar-refractivity contribution in [2.24, 2.45) is 0 Å². The van der Waals surface area contributed by atoms with Gasteiger partial charge in [-0.15, -0.1) is 23.8 Å². The smallest absolute Gasteiger partial charge is 0.136 e. The Morgan fingerprint density at radius 1 is 0.800 bits per heavy atom. The Bertz CT molecular complexity index is 1690. The van der Waals surface area contributed by atoms with Crippen LogP contribution in [0, 0.1) is 19.9 Å². The van der Waals surface area contributed by atoms with E-state index in [1.807, 2.05) is 68.4 Å². The van der Waals surface area contributed by atoms with E-state index in [0.717, 1.165) is 61.3 Å². The summed E-state index contributed by atoms with van der Waals surface area (Å²) >= 11 is 0. The second kappa shape index (κ2) is 9.13. The molecule has 0 fully saturated rings. The molecule has 35 heavy (non-hydrogen) atoms. The van der Waals surface area contributed by atoms with Crippen molar-refractivity contribution < 1.29 is 26.2 Å². The average molecular weight is 636 g/mol. The van der Waals surface area contributed by atoms with Crippen molar-refractivity contribution in [2.45, 2.75) is 13.8 Å². The van der Waals surface area contributed by atoms with Crippen molar-refractivity contribution in [3.63, 3.8) is 0 Å². The van der Waals surface area contributed by atoms with E-state index in [0.29, 0.717) is 0 Å². The molecule has 0 radical (unpaired) electrons. The molecule has 0 bridgehead atoms. The summed E-state index contributed by atoms with van der Waals surface area (Å²) in [6.45, 7) is 3.94. The zero-order chi connectivity index (χ0) is 23.2. The molecule has 6 rings (SSSR count). The Kier molecular flexibility index (Phi) is 6.00. The van der Waals surface area contributed by atoms with Crippen LogP contribution in [0.2, 0.25) is 0 Å². The standard InChI is InChI=1S/C30H22N3O.Pt/c1-19-16-20(2)30(34)24(17-19)26-10-7-12-29(32-26)33-27-11-4-3-8-22(27)23-14-13-21(18-28(23)33)25-9-5-6-15-31-25;/h3-17,34H,1-2H3;/q-1;. The molecule has 1 N–H and O–H groups in total. The number of aromatic hydroxyl groups is 1. The van der Waals surface area contributed by atoms with Crippen LogP contribution in [0.1, 0.15) is 11.1 Å². The van der Waals surface area contributed by atoms with Gasteiger partial charge in [0.15, 0.2) is 0 Å². The quantitative estimate of drug-likeness (QED) is 0.213. The number of fused-ring (bicyclic) bond motifs is 3. The van der Waals surface area contributed by atoms with E-state index in [-0.39, 0.29) is 26.8 Å². The fourth-order valence-electron chi connectivity index (χ4n) is 4.66. The van der Waals surface area contributed by atoms with Gasteiger partial charge in [0.05, 0.1) is 5.69 Å². The zero-order valence-electron chi connectivity index (χ0n) is 19.3. The number of phenols is 1. The van der Waals surface area contributed by atoms with E-state index in [9.17, 15) is 5.11 Å². The van der Waals surface area contributed by atoms with Crippen LogP contribution >= 0.6 is 0 Å². The Balaban J connectivity index is 0.00000253. The topological polar surface area (TPSA) is 50.9 Å². The average Bonchev–Trinajstić information content (AvgIpc) is 3.20. The predicted molar refractivity (Wildman–Crippen MR) is 137 cm³/mol. The Hall–Kier alpha value is -3.75. The van der Waals surface area contributed by atoms with Crippen molar-refractivity contribution in [1.29, 1.82) is 0 Å². The van der Waals surface area contributed by atoms with E-state index in [2.05, 4.69) is 45.9 Å². The largest absolute Gasteiger partial charge is 0.507 e. The van der Waals surface area contributed by atoms with E-state index in [1.54, 1.807) is 6.20 Å². The summed E-state index contributed by atoms with van der Waals surface area (Å²) in [7, 11) is 0. The van der Waals surface area contributed by atoms with Crippen molar-refractivity contribution in [3.05, 3.63) is 108 Å². The Labute approximate surface area is 218 Å². The first-order valence-corrected chi connectivity index (χ1v) is 11.2. The third-order valence-corrected chi connectivity index (χ3v) is 6.21. The van der Waals surface area contributed by atoms with Crippen molar-refractivity contribution >= 4 is 21.8 Å². The van der Waals surface area contributed by atoms with Crippen LogP contribution in [0.15, 0.2) is 91.1 Å². The molecule has 0 saturated heterocycles. The summed E-state index contributed by atoms with van der Waals surface area (Å²) < 4.78 is 2.14. The van der Waals surface area contributed by atoms with Crippen LogP contribution in [0.4, 0.5) is 0 Å². The second-order valence-electron chi connectivity index (χ2n) is 8.56. The summed E-state index contributed by atoms with van der Waals surface area (Å²) in [4.78, 5) is 9.51. The Morgan fingerprint density at radius 3 is 2.43 bits per heavy atom. The molecule has 0 saturated carbocycles. The zero-order valence-corrected chi connectivity index (χ0v) is 21.5. The summed E-state index contributed by atoms with van der Waals surface area (Å²) in [5.74, 6) is 1.04. The molecule has 0 amide bonds. The minimum absolute atomic E-state index is 0. The summed E-state index contributed by atoms with van der Waals surface area (Å²) in [5.41, 5.74) is 7.20. The fraction of sp³-hybridized carbons (Fsp3) is 0.0667. The molecule has 5 heteroatoms. The molecule has 174 valence electrons. The number of pyridine rings is 2. The van der Waals surface area contributed by atoms with Crippen molar-refractivity contribution in [1.82, 2.24) is 14.5 Å². The summed E-state index contributed by atoms with van der Waals surface area (Å²) in [5, 5.41) is 13.0. The van der Waals surface area contributed by atoms with Gasteiger partial charge < -0.3 is 14.7 Å². The first-order valence-electron chi connectivity index (χ1n) is 11.2. The molecule has 3 aromatic heterocycles. The monoisotopic (exact) mass is 635 g/mol. The van der Waals surface area contributed by atoms with Crippen LogP contribution in [0.25, 0.3) is 50.1 Å². The van der Waals surface area contributed by atoms with E-state index in [4.69, 9.17) is 4.98 Å². The molecular formula is C30H22N3OPt-. The SMILES string of the molecule is Cc1cc(C)c(O)c(-c2cccc(-n3c4[c-]c(-c5ccccn5)ccc4c4ccccc43)n2)c1.[Pt]. The third kappa shape index (κ3) is 3.94. The number of benzene rings is 3. The number of phenolic OH excluding ortho intramolecular Hbond substituents is 1. The van der Waals surface area contributed by atoms with Crippen LogP contribution in [-0.2, 0) is 21.1 Å². The van der Waals surface area contributed by atoms with Crippen LogP contribution in [0.3, 0.4) is 0 Å². The van der Waals surface area contributed by atoms with Gasteiger partial charge in [0.1, 0.15) is 11.6 Å². The maximum atomic E-state index is 10.7. The molecule has 0 unspecified atom stereocenters. The molecule has 0 aliphatic heterocycles. The molecule has 6 aromatic rings. The van der Waals surface area contributed by atoms with Crippen molar-refractivity contribution in [2.75, 3.05) is 0 Å². The van der Waals surface area contributed by atoms with Crippen LogP contribution in [0.5, 0.6) is 5.75 Å². The summed E-state index contributed by atoms with van der Waals surface area (Å²) in [6.07, 6.45) is 1.80. The van der Waals surface area contributed by atoms with Gasteiger partial charge >= 0.3 is 0 Å². The normalized spacial score (nSPS) is 11.0. The molecule has 3 aromatic carbocycles. The van der Waals surface area contributed by atoms with Gasteiger partial charge in [0.25, 0.3) is 0 Å². The number of para-hydroxylation sites is 1. The molecule has 0 atom stereocenters. The van der Waals surface area contributed by atoms with E-state index >= 15 is 0 Å². The first-order chi connectivity index (χ1) is 16.6. The number of rotatable bonds is 3. The van der Waals surface area contributed by atoms with Gasteiger partial charge in [0, 0.05) is 38.3 Å². The minimum Gasteiger partial charge on any atom is -0.507 e. The molecule has 3 heterocycles. The third-order valence-electron chi connectivity index (χ3n) is 6.21. The molecular weight excluding hydrogens is 613 g/mol.